The van der Waals surface area contributed by atoms with Gasteiger partial charge in [-0.1, -0.05) is 12.1 Å². The van der Waals surface area contributed by atoms with Gasteiger partial charge in [-0.25, -0.2) is 4.39 Å². The molecule has 0 spiro atoms. The molecule has 0 aliphatic carbocycles. The number of hydrogen-bond donors (Lipinski definition) is 1. The van der Waals surface area contributed by atoms with Crippen molar-refractivity contribution in [2.45, 2.75) is 25.8 Å². The number of imide groups is 1. The van der Waals surface area contributed by atoms with Crippen LogP contribution in [0.2, 0.25) is 0 Å². The maximum absolute atomic E-state index is 14.0. The number of carbonyl (C=O) groups is 3. The van der Waals surface area contributed by atoms with E-state index in [1.54, 1.807) is 30.3 Å². The molecule has 2 heterocycles. The molecule has 7 nitrogen and oxygen atoms in total. The SMILES string of the molecule is CC(NC(=O)CCCN1C(=O)c2ccccc2C1=O)c1cc(F)ccc1N1CCN(C)CC1. The van der Waals surface area contributed by atoms with Crippen molar-refractivity contribution in [1.82, 2.24) is 15.1 Å². The van der Waals surface area contributed by atoms with Crippen LogP contribution < -0.4 is 10.2 Å². The van der Waals surface area contributed by atoms with Gasteiger partial charge in [-0.15, -0.1) is 0 Å². The lowest BCUT2D eigenvalue weighted by atomic mass is 10.0. The van der Waals surface area contributed by atoms with E-state index in [2.05, 4.69) is 22.2 Å². The summed E-state index contributed by atoms with van der Waals surface area (Å²) in [6.45, 7) is 5.56. The molecule has 8 heteroatoms. The van der Waals surface area contributed by atoms with Crippen molar-refractivity contribution < 1.29 is 18.8 Å². The highest BCUT2D eigenvalue weighted by Gasteiger charge is 2.34. The normalized spacial score (nSPS) is 17.3. The number of carbonyl (C=O) groups excluding carboxylic acids is 3. The van der Waals surface area contributed by atoms with Gasteiger partial charge in [0.25, 0.3) is 11.8 Å². The van der Waals surface area contributed by atoms with Crippen LogP contribution in [-0.2, 0) is 4.79 Å². The molecule has 1 unspecified atom stereocenters. The van der Waals surface area contributed by atoms with Crippen molar-refractivity contribution in [1.29, 1.82) is 0 Å². The van der Waals surface area contributed by atoms with Crippen LogP contribution in [0.25, 0.3) is 0 Å². The van der Waals surface area contributed by atoms with Gasteiger partial charge in [0.2, 0.25) is 5.91 Å². The quantitative estimate of drug-likeness (QED) is 0.654. The van der Waals surface area contributed by atoms with Crippen molar-refractivity contribution in [3.05, 3.63) is 65.0 Å². The Hall–Kier alpha value is -3.26. The molecule has 2 aromatic rings. The van der Waals surface area contributed by atoms with Gasteiger partial charge in [0.05, 0.1) is 17.2 Å². The topological polar surface area (TPSA) is 73.0 Å². The number of anilines is 1. The van der Waals surface area contributed by atoms with Crippen molar-refractivity contribution in [2.24, 2.45) is 0 Å². The van der Waals surface area contributed by atoms with Crippen LogP contribution in [0.15, 0.2) is 42.5 Å². The van der Waals surface area contributed by atoms with Crippen LogP contribution in [0.5, 0.6) is 0 Å². The van der Waals surface area contributed by atoms with E-state index in [-0.39, 0.29) is 42.5 Å². The molecule has 2 aromatic carbocycles. The van der Waals surface area contributed by atoms with E-state index in [0.29, 0.717) is 17.5 Å². The molecular weight excluding hydrogens is 423 g/mol. The Morgan fingerprint density at radius 2 is 1.67 bits per heavy atom. The van der Waals surface area contributed by atoms with E-state index >= 15 is 0 Å². The summed E-state index contributed by atoms with van der Waals surface area (Å²) in [7, 11) is 2.08. The highest BCUT2D eigenvalue weighted by molar-refractivity contribution is 6.21. The number of halogens is 1. The number of piperazine rings is 1. The van der Waals surface area contributed by atoms with E-state index in [0.717, 1.165) is 37.4 Å². The summed E-state index contributed by atoms with van der Waals surface area (Å²) in [6.07, 6.45) is 0.523. The Morgan fingerprint density at radius 3 is 2.30 bits per heavy atom. The Bertz CT molecular complexity index is 1030. The fourth-order valence-corrected chi connectivity index (χ4v) is 4.44. The average Bonchev–Trinajstić information content (AvgIpc) is 3.05. The minimum Gasteiger partial charge on any atom is -0.369 e. The predicted molar refractivity (Wildman–Crippen MR) is 124 cm³/mol. The van der Waals surface area contributed by atoms with Gasteiger partial charge in [-0.05, 0) is 50.7 Å². The van der Waals surface area contributed by atoms with E-state index in [9.17, 15) is 18.8 Å². The van der Waals surface area contributed by atoms with E-state index < -0.39 is 0 Å². The van der Waals surface area contributed by atoms with Gasteiger partial charge in [0.1, 0.15) is 5.82 Å². The number of hydrogen-bond acceptors (Lipinski definition) is 5. The summed E-state index contributed by atoms with van der Waals surface area (Å²) in [5.41, 5.74) is 2.49. The molecular formula is C25H29FN4O3. The predicted octanol–water partition coefficient (Wildman–Crippen LogP) is 2.83. The number of benzene rings is 2. The fourth-order valence-electron chi connectivity index (χ4n) is 4.44. The molecule has 0 bridgehead atoms. The molecule has 0 aromatic heterocycles. The lowest BCUT2D eigenvalue weighted by molar-refractivity contribution is -0.121. The first-order chi connectivity index (χ1) is 15.8. The summed E-state index contributed by atoms with van der Waals surface area (Å²) in [4.78, 5) is 43.1. The standard InChI is InChI=1S/C25H29FN4O3/c1-17(21-16-18(26)9-10-22(21)29-14-12-28(2)13-15-29)27-23(31)8-5-11-30-24(32)19-6-3-4-7-20(19)25(30)33/h3-4,6-7,9-10,16-17H,5,8,11-15H2,1-2H3,(H,27,31). The smallest absolute Gasteiger partial charge is 0.261 e. The third kappa shape index (κ3) is 4.90. The number of nitrogens with zero attached hydrogens (tertiary/aromatic N) is 3. The average molecular weight is 453 g/mol. The van der Waals surface area contributed by atoms with Crippen LogP contribution >= 0.6 is 0 Å². The summed E-state index contributed by atoms with van der Waals surface area (Å²) in [6, 6.07) is 11.1. The molecule has 2 aliphatic rings. The van der Waals surface area contributed by atoms with Crippen molar-refractivity contribution >= 4 is 23.4 Å². The molecule has 1 fully saturated rings. The molecule has 0 saturated carbocycles. The van der Waals surface area contributed by atoms with Gasteiger partial charge in [0.15, 0.2) is 0 Å². The van der Waals surface area contributed by atoms with Gasteiger partial charge >= 0.3 is 0 Å². The maximum atomic E-state index is 14.0. The molecule has 1 N–H and O–H groups in total. The summed E-state index contributed by atoms with van der Waals surface area (Å²) < 4.78 is 14.0. The lowest BCUT2D eigenvalue weighted by Gasteiger charge is -2.36. The van der Waals surface area contributed by atoms with Crippen LogP contribution in [0.3, 0.4) is 0 Å². The van der Waals surface area contributed by atoms with Crippen LogP contribution in [0, 0.1) is 5.82 Å². The number of amides is 3. The van der Waals surface area contributed by atoms with Crippen LogP contribution in [0.1, 0.15) is 52.1 Å². The second-order valence-corrected chi connectivity index (χ2v) is 8.69. The molecule has 33 heavy (non-hydrogen) atoms. The second kappa shape index (κ2) is 9.70. The van der Waals surface area contributed by atoms with Crippen LogP contribution in [0.4, 0.5) is 10.1 Å². The number of likely N-dealkylation sites (N-methyl/N-ethyl adjacent to an activating group) is 1. The first-order valence-corrected chi connectivity index (χ1v) is 11.3. The Morgan fingerprint density at radius 1 is 1.03 bits per heavy atom. The fraction of sp³-hybridized carbons (Fsp3) is 0.400. The highest BCUT2D eigenvalue weighted by Crippen LogP contribution is 2.28. The van der Waals surface area contributed by atoms with Gasteiger partial charge in [0, 0.05) is 50.4 Å². The molecule has 1 atom stereocenters. The zero-order chi connectivity index (χ0) is 23.5. The summed E-state index contributed by atoms with van der Waals surface area (Å²) in [5.74, 6) is -1.18. The Balaban J connectivity index is 1.34. The number of fused-ring (bicyclic) bond motifs is 1. The van der Waals surface area contributed by atoms with E-state index in [4.69, 9.17) is 0 Å². The first kappa shape index (κ1) is 22.9. The molecule has 0 radical (unpaired) electrons. The summed E-state index contributed by atoms with van der Waals surface area (Å²) in [5, 5.41) is 2.95. The van der Waals surface area contributed by atoms with Crippen molar-refractivity contribution in [2.75, 3.05) is 44.7 Å². The summed E-state index contributed by atoms with van der Waals surface area (Å²) >= 11 is 0. The van der Waals surface area contributed by atoms with Gasteiger partial charge in [-0.2, -0.15) is 0 Å². The third-order valence-corrected chi connectivity index (χ3v) is 6.34. The Labute approximate surface area is 193 Å². The second-order valence-electron chi connectivity index (χ2n) is 8.69. The third-order valence-electron chi connectivity index (χ3n) is 6.34. The zero-order valence-corrected chi connectivity index (χ0v) is 19.0. The van der Waals surface area contributed by atoms with Crippen molar-refractivity contribution in [3.8, 4) is 0 Å². The molecule has 2 aliphatic heterocycles. The highest BCUT2D eigenvalue weighted by atomic mass is 19.1. The maximum Gasteiger partial charge on any atom is 0.261 e. The van der Waals surface area contributed by atoms with E-state index in [1.165, 1.54) is 17.0 Å². The largest absolute Gasteiger partial charge is 0.369 e. The minimum atomic E-state index is -0.373. The molecule has 3 amide bonds. The van der Waals surface area contributed by atoms with Crippen molar-refractivity contribution in [3.63, 3.8) is 0 Å². The first-order valence-electron chi connectivity index (χ1n) is 11.3. The minimum absolute atomic E-state index is 0.164. The number of nitrogens with one attached hydrogen (secondary N) is 1. The Kier molecular flexibility index (Phi) is 6.74. The molecule has 1 saturated heterocycles. The monoisotopic (exact) mass is 452 g/mol. The number of rotatable bonds is 7. The zero-order valence-electron chi connectivity index (χ0n) is 19.0. The van der Waals surface area contributed by atoms with Gasteiger partial charge < -0.3 is 15.1 Å². The van der Waals surface area contributed by atoms with Crippen LogP contribution in [-0.4, -0.2) is 67.3 Å². The molecule has 174 valence electrons. The van der Waals surface area contributed by atoms with Gasteiger partial charge in [-0.3, -0.25) is 19.3 Å². The lowest BCUT2D eigenvalue weighted by Crippen LogP contribution is -2.45. The molecule has 4 rings (SSSR count). The van der Waals surface area contributed by atoms with E-state index in [1.807, 2.05) is 6.92 Å².